The predicted octanol–water partition coefficient (Wildman–Crippen LogP) is 4.24. The van der Waals surface area contributed by atoms with Gasteiger partial charge in [0.05, 0.1) is 5.52 Å². The van der Waals surface area contributed by atoms with Crippen molar-refractivity contribution in [2.75, 3.05) is 0 Å². The fraction of sp³-hybridized carbons (Fsp3) is 0.154. The Labute approximate surface area is 113 Å². The molecule has 6 heteroatoms. The number of hydrogen-bond donors (Lipinski definition) is 1. The fourth-order valence-electron chi connectivity index (χ4n) is 2.05. The lowest BCUT2D eigenvalue weighted by Gasteiger charge is -2.00. The van der Waals surface area contributed by atoms with Crippen LogP contribution in [0.1, 0.15) is 6.92 Å². The summed E-state index contributed by atoms with van der Waals surface area (Å²) in [5, 5.41) is 21.7. The quantitative estimate of drug-likeness (QED) is 0.725. The molecule has 3 aromatic rings. The third-order valence-electron chi connectivity index (χ3n) is 2.89. The summed E-state index contributed by atoms with van der Waals surface area (Å²) in [6, 6.07) is 7.75. The lowest BCUT2D eigenvalue weighted by molar-refractivity contribution is 0.427. The van der Waals surface area contributed by atoms with Crippen molar-refractivity contribution >= 4 is 33.1 Å². The van der Waals surface area contributed by atoms with Gasteiger partial charge in [-0.25, -0.2) is 4.98 Å². The Hall–Kier alpha value is -2.21. The number of hydrogen-bond acceptors (Lipinski definition) is 5. The zero-order valence-corrected chi connectivity index (χ0v) is 11.1. The molecule has 0 unspecified atom stereocenters. The summed E-state index contributed by atoms with van der Waals surface area (Å²) >= 11 is 1.41. The second-order valence-electron chi connectivity index (χ2n) is 3.95. The van der Waals surface area contributed by atoms with Crippen molar-refractivity contribution in [1.29, 1.82) is 0 Å². The number of para-hydroxylation sites is 1. The number of aryl methyl sites for hydroxylation is 1. The maximum atomic E-state index is 10.2. The molecule has 0 saturated carbocycles. The van der Waals surface area contributed by atoms with Gasteiger partial charge in [0.15, 0.2) is 5.69 Å². The molecule has 2 aromatic heterocycles. The van der Waals surface area contributed by atoms with E-state index in [-0.39, 0.29) is 5.88 Å². The van der Waals surface area contributed by atoms with E-state index >= 15 is 0 Å². The van der Waals surface area contributed by atoms with Gasteiger partial charge in [0, 0.05) is 23.5 Å². The Bertz CT molecular complexity index is 731. The van der Waals surface area contributed by atoms with E-state index in [4.69, 9.17) is 0 Å². The molecule has 0 fully saturated rings. The first-order valence-corrected chi connectivity index (χ1v) is 6.80. The molecule has 1 N–H and O–H groups in total. The summed E-state index contributed by atoms with van der Waals surface area (Å²) in [5.41, 5.74) is 1.45. The summed E-state index contributed by atoms with van der Waals surface area (Å²) in [7, 11) is 0. The molecule has 5 nitrogen and oxygen atoms in total. The van der Waals surface area contributed by atoms with E-state index in [0.29, 0.717) is 17.4 Å². The number of azo groups is 1. The van der Waals surface area contributed by atoms with Crippen LogP contribution in [0.25, 0.3) is 10.9 Å². The topological polar surface area (TPSA) is 62.8 Å². The van der Waals surface area contributed by atoms with Crippen LogP contribution >= 0.6 is 11.3 Å². The van der Waals surface area contributed by atoms with Crippen molar-refractivity contribution in [2.45, 2.75) is 13.5 Å². The highest BCUT2D eigenvalue weighted by atomic mass is 32.1. The average Bonchev–Trinajstić information content (AvgIpc) is 3.02. The van der Waals surface area contributed by atoms with Gasteiger partial charge in [0.25, 0.3) is 0 Å². The van der Waals surface area contributed by atoms with Crippen LogP contribution in [0.2, 0.25) is 0 Å². The number of thiazole rings is 1. The first-order valence-electron chi connectivity index (χ1n) is 5.92. The monoisotopic (exact) mass is 272 g/mol. The molecule has 0 aliphatic heterocycles. The minimum atomic E-state index is 0.143. The SMILES string of the molecule is CCn1c(O)c(N=Nc2nccs2)c2ccccc21. The Morgan fingerprint density at radius 1 is 1.32 bits per heavy atom. The maximum Gasteiger partial charge on any atom is 0.229 e. The molecule has 0 aliphatic rings. The normalized spacial score (nSPS) is 11.6. The molecule has 2 heterocycles. The summed E-state index contributed by atoms with van der Waals surface area (Å²) in [6.07, 6.45) is 1.67. The standard InChI is InChI=1S/C13H12N4OS/c1-2-17-10-6-4-3-5-9(10)11(12(17)18)15-16-13-14-7-8-19-13/h3-8,18H,2H2,1H3. The molecule has 1 aromatic carbocycles. The van der Waals surface area contributed by atoms with Crippen molar-refractivity contribution in [2.24, 2.45) is 10.2 Å². The van der Waals surface area contributed by atoms with Crippen LogP contribution in [0.15, 0.2) is 46.1 Å². The van der Waals surface area contributed by atoms with Gasteiger partial charge in [-0.1, -0.05) is 18.2 Å². The molecule has 19 heavy (non-hydrogen) atoms. The smallest absolute Gasteiger partial charge is 0.229 e. The second kappa shape index (κ2) is 4.81. The highest BCUT2D eigenvalue weighted by Crippen LogP contribution is 2.39. The number of nitrogens with zero attached hydrogens (tertiary/aromatic N) is 4. The maximum absolute atomic E-state index is 10.2. The van der Waals surface area contributed by atoms with Crippen molar-refractivity contribution in [3.05, 3.63) is 35.8 Å². The Morgan fingerprint density at radius 2 is 2.16 bits per heavy atom. The third-order valence-corrected chi connectivity index (χ3v) is 3.54. The molecule has 0 spiro atoms. The summed E-state index contributed by atoms with van der Waals surface area (Å²) < 4.78 is 1.81. The van der Waals surface area contributed by atoms with Crippen LogP contribution in [0.3, 0.4) is 0 Å². The molecule has 0 atom stereocenters. The average molecular weight is 272 g/mol. The van der Waals surface area contributed by atoms with E-state index in [1.807, 2.05) is 41.1 Å². The largest absolute Gasteiger partial charge is 0.493 e. The van der Waals surface area contributed by atoms with Crippen molar-refractivity contribution in [1.82, 2.24) is 9.55 Å². The highest BCUT2D eigenvalue weighted by molar-refractivity contribution is 7.13. The predicted molar refractivity (Wildman–Crippen MR) is 75.6 cm³/mol. The Kier molecular flexibility index (Phi) is 3.00. The van der Waals surface area contributed by atoms with Gasteiger partial charge >= 0.3 is 0 Å². The molecule has 0 amide bonds. The molecular weight excluding hydrogens is 260 g/mol. The van der Waals surface area contributed by atoms with Crippen molar-refractivity contribution in [3.8, 4) is 5.88 Å². The van der Waals surface area contributed by atoms with Crippen molar-refractivity contribution < 1.29 is 5.11 Å². The van der Waals surface area contributed by atoms with Crippen molar-refractivity contribution in [3.63, 3.8) is 0 Å². The van der Waals surface area contributed by atoms with Crippen LogP contribution in [0, 0.1) is 0 Å². The van der Waals surface area contributed by atoms with Gasteiger partial charge in [0.2, 0.25) is 11.0 Å². The minimum absolute atomic E-state index is 0.143. The molecular formula is C13H12N4OS. The summed E-state index contributed by atoms with van der Waals surface area (Å²) in [5.74, 6) is 0.143. The molecule has 0 saturated heterocycles. The van der Waals surface area contributed by atoms with Gasteiger partial charge in [0.1, 0.15) is 0 Å². The number of aromatic hydroxyl groups is 1. The highest BCUT2D eigenvalue weighted by Gasteiger charge is 2.14. The number of fused-ring (bicyclic) bond motifs is 1. The lowest BCUT2D eigenvalue weighted by Crippen LogP contribution is -1.91. The second-order valence-corrected chi connectivity index (χ2v) is 4.82. The van der Waals surface area contributed by atoms with E-state index in [1.165, 1.54) is 11.3 Å². The first kappa shape index (κ1) is 11.9. The number of benzene rings is 1. The fourth-order valence-corrected chi connectivity index (χ4v) is 2.50. The van der Waals surface area contributed by atoms with Gasteiger partial charge in [-0.2, -0.15) is 0 Å². The Balaban J connectivity index is 2.15. The van der Waals surface area contributed by atoms with Crippen LogP contribution in [0.5, 0.6) is 5.88 Å². The van der Waals surface area contributed by atoms with Crippen LogP contribution in [-0.4, -0.2) is 14.7 Å². The van der Waals surface area contributed by atoms with E-state index in [2.05, 4.69) is 15.2 Å². The molecule has 0 bridgehead atoms. The van der Waals surface area contributed by atoms with E-state index < -0.39 is 0 Å². The first-order chi connectivity index (χ1) is 9.31. The number of aromatic nitrogens is 2. The number of rotatable bonds is 3. The van der Waals surface area contributed by atoms with Crippen LogP contribution < -0.4 is 0 Å². The minimum Gasteiger partial charge on any atom is -0.493 e. The van der Waals surface area contributed by atoms with Crippen LogP contribution in [-0.2, 0) is 6.54 Å². The van der Waals surface area contributed by atoms with Gasteiger partial charge in [-0.3, -0.25) is 0 Å². The summed E-state index contributed by atoms with van der Waals surface area (Å²) in [4.78, 5) is 4.04. The molecule has 0 radical (unpaired) electrons. The Morgan fingerprint density at radius 3 is 2.89 bits per heavy atom. The van der Waals surface area contributed by atoms with E-state index in [0.717, 1.165) is 10.9 Å². The van der Waals surface area contributed by atoms with Gasteiger partial charge in [-0.15, -0.1) is 21.6 Å². The zero-order valence-electron chi connectivity index (χ0n) is 10.3. The van der Waals surface area contributed by atoms with Gasteiger partial charge in [-0.05, 0) is 13.0 Å². The van der Waals surface area contributed by atoms with Gasteiger partial charge < -0.3 is 9.67 Å². The summed E-state index contributed by atoms with van der Waals surface area (Å²) in [6.45, 7) is 2.66. The van der Waals surface area contributed by atoms with E-state index in [9.17, 15) is 5.11 Å². The third kappa shape index (κ3) is 2.00. The van der Waals surface area contributed by atoms with Crippen LogP contribution in [0.4, 0.5) is 10.8 Å². The van der Waals surface area contributed by atoms with E-state index in [1.54, 1.807) is 6.20 Å². The lowest BCUT2D eigenvalue weighted by atomic mass is 10.2. The molecule has 3 rings (SSSR count). The molecule has 0 aliphatic carbocycles. The molecule has 96 valence electrons. The zero-order chi connectivity index (χ0) is 13.2.